The van der Waals surface area contributed by atoms with E-state index in [9.17, 15) is 0 Å². The van der Waals surface area contributed by atoms with Crippen molar-refractivity contribution >= 4 is 49.9 Å². The molecule has 0 N–H and O–H groups in total. The molecular formula is C15H10BrCl2N3O. The Balaban J connectivity index is 2.14. The van der Waals surface area contributed by atoms with Crippen LogP contribution in [0.5, 0.6) is 5.75 Å². The van der Waals surface area contributed by atoms with Crippen LogP contribution in [0.4, 0.5) is 0 Å². The first kappa shape index (κ1) is 15.5. The lowest BCUT2D eigenvalue weighted by molar-refractivity contribution is 0.415. The molecule has 0 aliphatic rings. The Morgan fingerprint density at radius 1 is 1.09 bits per heavy atom. The van der Waals surface area contributed by atoms with Crippen molar-refractivity contribution in [1.82, 2.24) is 15.2 Å². The van der Waals surface area contributed by atoms with Gasteiger partial charge in [0.1, 0.15) is 10.4 Å². The summed E-state index contributed by atoms with van der Waals surface area (Å²) in [4.78, 5) is 3.96. The van der Waals surface area contributed by atoms with Gasteiger partial charge in [-0.05, 0) is 39.7 Å². The number of hydrogen-bond acceptors (Lipinski definition) is 4. The Hall–Kier alpha value is -1.43. The first-order valence-corrected chi connectivity index (χ1v) is 7.91. The third-order valence-corrected chi connectivity index (χ3v) is 4.55. The molecule has 0 radical (unpaired) electrons. The molecule has 0 amide bonds. The summed E-state index contributed by atoms with van der Waals surface area (Å²) in [6, 6.07) is 5.75. The number of fused-ring (bicyclic) bond motifs is 1. The van der Waals surface area contributed by atoms with Gasteiger partial charge in [0.15, 0.2) is 0 Å². The van der Waals surface area contributed by atoms with Crippen molar-refractivity contribution in [2.75, 3.05) is 7.11 Å². The number of rotatable bonds is 3. The Kier molecular flexibility index (Phi) is 4.47. The van der Waals surface area contributed by atoms with Crippen molar-refractivity contribution in [2.24, 2.45) is 0 Å². The molecule has 3 rings (SSSR count). The summed E-state index contributed by atoms with van der Waals surface area (Å²) in [6.07, 6.45) is 3.61. The number of pyridine rings is 1. The van der Waals surface area contributed by atoms with Gasteiger partial charge in [-0.25, -0.2) is 0 Å². The highest BCUT2D eigenvalue weighted by Gasteiger charge is 2.13. The van der Waals surface area contributed by atoms with Gasteiger partial charge in [-0.15, -0.1) is 5.10 Å². The lowest BCUT2D eigenvalue weighted by Gasteiger charge is -2.10. The molecule has 22 heavy (non-hydrogen) atoms. The zero-order chi connectivity index (χ0) is 15.7. The topological polar surface area (TPSA) is 47.9 Å². The van der Waals surface area contributed by atoms with Gasteiger partial charge < -0.3 is 4.74 Å². The molecule has 1 aromatic carbocycles. The van der Waals surface area contributed by atoms with Crippen molar-refractivity contribution < 1.29 is 4.74 Å². The zero-order valence-electron chi connectivity index (χ0n) is 11.5. The number of halogens is 3. The summed E-state index contributed by atoms with van der Waals surface area (Å²) >= 11 is 15.8. The predicted octanol–water partition coefficient (Wildman–Crippen LogP) is 4.69. The second kappa shape index (κ2) is 6.36. The lowest BCUT2D eigenvalue weighted by Crippen LogP contribution is -1.99. The van der Waals surface area contributed by atoms with Crippen LogP contribution >= 0.6 is 39.1 Å². The molecule has 0 saturated heterocycles. The molecule has 0 aliphatic carbocycles. The minimum atomic E-state index is 0.475. The van der Waals surface area contributed by atoms with E-state index in [0.717, 1.165) is 27.8 Å². The number of ether oxygens (including phenoxy) is 1. The van der Waals surface area contributed by atoms with Gasteiger partial charge in [-0.2, -0.15) is 5.10 Å². The molecule has 112 valence electrons. The van der Waals surface area contributed by atoms with Crippen LogP contribution in [0.2, 0.25) is 10.0 Å². The second-order valence-corrected chi connectivity index (χ2v) is 6.17. The molecule has 2 heterocycles. The average molecular weight is 399 g/mol. The molecular weight excluding hydrogens is 389 g/mol. The quantitative estimate of drug-likeness (QED) is 0.641. The van der Waals surface area contributed by atoms with Crippen LogP contribution in [0, 0.1) is 0 Å². The monoisotopic (exact) mass is 397 g/mol. The lowest BCUT2D eigenvalue weighted by atomic mass is 10.1. The van der Waals surface area contributed by atoms with Crippen LogP contribution in [-0.4, -0.2) is 22.3 Å². The van der Waals surface area contributed by atoms with Crippen molar-refractivity contribution in [3.63, 3.8) is 0 Å². The normalized spacial score (nSPS) is 10.9. The molecule has 3 aromatic rings. The van der Waals surface area contributed by atoms with Gasteiger partial charge >= 0.3 is 0 Å². The van der Waals surface area contributed by atoms with E-state index in [2.05, 4.69) is 31.1 Å². The fraction of sp³-hybridized carbons (Fsp3) is 0.133. The van der Waals surface area contributed by atoms with Crippen LogP contribution in [0.25, 0.3) is 10.8 Å². The third kappa shape index (κ3) is 2.89. The Morgan fingerprint density at radius 2 is 1.82 bits per heavy atom. The summed E-state index contributed by atoms with van der Waals surface area (Å²) in [5.74, 6) is 0.757. The van der Waals surface area contributed by atoms with E-state index in [1.165, 1.54) is 0 Å². The van der Waals surface area contributed by atoms with Crippen LogP contribution in [0.3, 0.4) is 0 Å². The van der Waals surface area contributed by atoms with Crippen LogP contribution in [0.15, 0.2) is 35.2 Å². The SMILES string of the molecule is COc1ccc2c(Cc3c(Cl)cncc3Cl)nnc(Br)c2c1. The highest BCUT2D eigenvalue weighted by Crippen LogP contribution is 2.31. The predicted molar refractivity (Wildman–Crippen MR) is 90.9 cm³/mol. The average Bonchev–Trinajstić information content (AvgIpc) is 2.53. The van der Waals surface area contributed by atoms with Gasteiger partial charge in [-0.3, -0.25) is 4.98 Å². The molecule has 2 aromatic heterocycles. The van der Waals surface area contributed by atoms with Crippen LogP contribution < -0.4 is 4.74 Å². The van der Waals surface area contributed by atoms with Crippen LogP contribution in [0.1, 0.15) is 11.3 Å². The number of hydrogen-bond donors (Lipinski definition) is 0. The fourth-order valence-electron chi connectivity index (χ4n) is 2.19. The highest BCUT2D eigenvalue weighted by atomic mass is 79.9. The van der Waals surface area contributed by atoms with E-state index >= 15 is 0 Å². The summed E-state index contributed by atoms with van der Waals surface area (Å²) in [5.41, 5.74) is 1.57. The first-order chi connectivity index (χ1) is 10.6. The summed E-state index contributed by atoms with van der Waals surface area (Å²) < 4.78 is 5.92. The molecule has 7 heteroatoms. The van der Waals surface area contributed by atoms with Gasteiger partial charge in [-0.1, -0.05) is 23.2 Å². The van der Waals surface area contributed by atoms with Crippen molar-refractivity contribution in [3.8, 4) is 5.75 Å². The molecule has 0 atom stereocenters. The van der Waals surface area contributed by atoms with E-state index in [0.29, 0.717) is 21.1 Å². The summed E-state index contributed by atoms with van der Waals surface area (Å²) in [6.45, 7) is 0. The van der Waals surface area contributed by atoms with Crippen molar-refractivity contribution in [3.05, 3.63) is 56.5 Å². The first-order valence-electron chi connectivity index (χ1n) is 6.37. The smallest absolute Gasteiger partial charge is 0.136 e. The Bertz CT molecular complexity index is 837. The van der Waals surface area contributed by atoms with Gasteiger partial charge in [0.05, 0.1) is 22.8 Å². The number of methoxy groups -OCH3 is 1. The molecule has 4 nitrogen and oxygen atoms in total. The molecule has 0 fully saturated rings. The van der Waals surface area contributed by atoms with E-state index in [-0.39, 0.29) is 0 Å². The van der Waals surface area contributed by atoms with E-state index < -0.39 is 0 Å². The van der Waals surface area contributed by atoms with Gasteiger partial charge in [0, 0.05) is 29.6 Å². The zero-order valence-corrected chi connectivity index (χ0v) is 14.6. The Labute approximate surface area is 145 Å². The van der Waals surface area contributed by atoms with E-state index in [1.54, 1.807) is 19.5 Å². The molecule has 0 unspecified atom stereocenters. The van der Waals surface area contributed by atoms with Crippen LogP contribution in [-0.2, 0) is 6.42 Å². The molecule has 0 saturated carbocycles. The minimum Gasteiger partial charge on any atom is -0.497 e. The van der Waals surface area contributed by atoms with Gasteiger partial charge in [0.25, 0.3) is 0 Å². The van der Waals surface area contributed by atoms with Gasteiger partial charge in [0.2, 0.25) is 0 Å². The maximum absolute atomic E-state index is 6.19. The Morgan fingerprint density at radius 3 is 2.50 bits per heavy atom. The summed E-state index contributed by atoms with van der Waals surface area (Å²) in [5, 5.41) is 11.3. The maximum atomic E-state index is 6.19. The van der Waals surface area contributed by atoms with E-state index in [4.69, 9.17) is 27.9 Å². The number of nitrogens with zero attached hydrogens (tertiary/aromatic N) is 3. The third-order valence-electron chi connectivity index (χ3n) is 3.31. The van der Waals surface area contributed by atoms with Crippen molar-refractivity contribution in [2.45, 2.75) is 6.42 Å². The molecule has 0 bridgehead atoms. The molecule has 0 aliphatic heterocycles. The number of benzene rings is 1. The number of aromatic nitrogens is 3. The molecule has 0 spiro atoms. The standard InChI is InChI=1S/C15H10BrCl2N3O/c1-22-8-2-3-9-10(4-8)15(16)21-20-14(9)5-11-12(17)6-19-7-13(11)18/h2-4,6-7H,5H2,1H3. The minimum absolute atomic E-state index is 0.475. The summed E-state index contributed by atoms with van der Waals surface area (Å²) in [7, 11) is 1.63. The maximum Gasteiger partial charge on any atom is 0.136 e. The van der Waals surface area contributed by atoms with E-state index in [1.807, 2.05) is 18.2 Å². The van der Waals surface area contributed by atoms with Crippen molar-refractivity contribution in [1.29, 1.82) is 0 Å². The largest absolute Gasteiger partial charge is 0.497 e. The fourth-order valence-corrected chi connectivity index (χ4v) is 3.10. The second-order valence-electron chi connectivity index (χ2n) is 4.61. The highest BCUT2D eigenvalue weighted by molar-refractivity contribution is 9.10.